The van der Waals surface area contributed by atoms with Crippen molar-refractivity contribution < 1.29 is 0 Å². The van der Waals surface area contributed by atoms with E-state index in [9.17, 15) is 0 Å². The van der Waals surface area contributed by atoms with Gasteiger partial charge in [-0.3, -0.25) is 4.57 Å². The number of thiophene rings is 1. The SMILES string of the molecule is c1ccc(-c2cc(-c3cccc4ccccc34)nc(-n3c4ccc(-c5cc6c7ccccc7n(-c7ccccc7)c6c6ccccc56)cc4c4cc5c(cc43)sc3ccc4ccccc4c35)n2)cc1. The molecule has 4 aromatic heterocycles. The predicted molar refractivity (Wildman–Crippen MR) is 292 cm³/mol. The first-order chi connectivity index (χ1) is 34.2. The average Bonchev–Trinajstić information content (AvgIpc) is 4.07. The fraction of sp³-hybridized carbons (Fsp3) is 0. The molecule has 0 bridgehead atoms. The van der Waals surface area contributed by atoms with Crippen LogP contribution < -0.4 is 0 Å². The van der Waals surface area contributed by atoms with Gasteiger partial charge in [0.1, 0.15) is 0 Å². The van der Waals surface area contributed by atoms with Gasteiger partial charge in [0, 0.05) is 63.9 Å². The molecule has 320 valence electrons. The minimum Gasteiger partial charge on any atom is -0.309 e. The highest BCUT2D eigenvalue weighted by Crippen LogP contribution is 2.46. The van der Waals surface area contributed by atoms with Crippen LogP contribution in [0.25, 0.3) is 141 Å². The zero-order chi connectivity index (χ0) is 45.2. The lowest BCUT2D eigenvalue weighted by Crippen LogP contribution is -2.04. The normalized spacial score (nSPS) is 12.1. The molecule has 0 atom stereocenters. The van der Waals surface area contributed by atoms with Gasteiger partial charge in [0.05, 0.1) is 33.5 Å². The average molecular weight is 895 g/mol. The monoisotopic (exact) mass is 894 g/mol. The third-order valence-corrected chi connectivity index (χ3v) is 15.4. The highest BCUT2D eigenvalue weighted by molar-refractivity contribution is 7.26. The van der Waals surface area contributed by atoms with Crippen molar-refractivity contribution in [3.8, 4) is 45.3 Å². The summed E-state index contributed by atoms with van der Waals surface area (Å²) in [5, 5.41) is 14.6. The fourth-order valence-electron chi connectivity index (χ4n) is 11.2. The first-order valence-corrected chi connectivity index (χ1v) is 24.3. The van der Waals surface area contributed by atoms with Crippen molar-refractivity contribution in [1.29, 1.82) is 0 Å². The maximum atomic E-state index is 5.55. The molecule has 5 heteroatoms. The quantitative estimate of drug-likeness (QED) is 0.173. The van der Waals surface area contributed by atoms with Crippen LogP contribution in [0, 0.1) is 0 Å². The van der Waals surface area contributed by atoms with Crippen molar-refractivity contribution >= 4 is 107 Å². The number of hydrogen-bond acceptors (Lipinski definition) is 3. The summed E-state index contributed by atoms with van der Waals surface area (Å²) in [5.74, 6) is 0.638. The zero-order valence-corrected chi connectivity index (χ0v) is 38.0. The molecule has 15 aromatic rings. The summed E-state index contributed by atoms with van der Waals surface area (Å²) in [7, 11) is 0. The first-order valence-electron chi connectivity index (χ1n) is 23.5. The summed E-state index contributed by atoms with van der Waals surface area (Å²) < 4.78 is 7.26. The van der Waals surface area contributed by atoms with Crippen LogP contribution in [0.2, 0.25) is 0 Å². The van der Waals surface area contributed by atoms with E-state index >= 15 is 0 Å². The summed E-state index contributed by atoms with van der Waals surface area (Å²) in [6.07, 6.45) is 0. The van der Waals surface area contributed by atoms with Crippen LogP contribution in [-0.2, 0) is 0 Å². The van der Waals surface area contributed by atoms with Gasteiger partial charge in [-0.1, -0.05) is 170 Å². The van der Waals surface area contributed by atoms with Gasteiger partial charge in [0.2, 0.25) is 5.95 Å². The molecule has 0 aliphatic rings. The third kappa shape index (κ3) is 5.75. The molecule has 0 aliphatic carbocycles. The maximum Gasteiger partial charge on any atom is 0.235 e. The number of fused-ring (bicyclic) bond motifs is 14. The van der Waals surface area contributed by atoms with Gasteiger partial charge in [0.15, 0.2) is 0 Å². The lowest BCUT2D eigenvalue weighted by molar-refractivity contribution is 0.997. The Morgan fingerprint density at radius 3 is 1.81 bits per heavy atom. The first kappa shape index (κ1) is 38.2. The molecule has 11 aromatic carbocycles. The Balaban J connectivity index is 1.05. The van der Waals surface area contributed by atoms with E-state index in [1.54, 1.807) is 0 Å². The maximum absolute atomic E-state index is 5.55. The van der Waals surface area contributed by atoms with Crippen LogP contribution in [0.3, 0.4) is 0 Å². The van der Waals surface area contributed by atoms with Gasteiger partial charge in [0.25, 0.3) is 0 Å². The van der Waals surface area contributed by atoms with Crippen LogP contribution in [0.4, 0.5) is 0 Å². The standard InChI is InChI=1S/C64H38N4S/c1-3-18-41(19-4-1)55-37-56(47-28-15-20-39-16-7-9-23-44(39)47)66-64(65-55)68-58-32-30-42(34-51(58)52-36-54-61(38-59(52)68)69-60-33-31-40-17-8-10-24-45(40)62(54)60)50-35-53-48-26-13-14-29-57(48)67(43-21-5-2-6-22-43)63(53)49-27-12-11-25-46(49)50/h1-38H. The Bertz CT molecular complexity index is 4590. The third-order valence-electron chi connectivity index (χ3n) is 14.3. The van der Waals surface area contributed by atoms with E-state index < -0.39 is 0 Å². The van der Waals surface area contributed by atoms with Crippen molar-refractivity contribution in [2.24, 2.45) is 0 Å². The second-order valence-electron chi connectivity index (χ2n) is 18.1. The summed E-state index contributed by atoms with van der Waals surface area (Å²) in [5.41, 5.74) is 11.9. The number of para-hydroxylation sites is 2. The minimum absolute atomic E-state index is 0.638. The highest BCUT2D eigenvalue weighted by atomic mass is 32.1. The molecule has 4 nitrogen and oxygen atoms in total. The van der Waals surface area contributed by atoms with E-state index in [0.717, 1.165) is 55.6 Å². The van der Waals surface area contributed by atoms with E-state index in [1.807, 2.05) is 11.3 Å². The molecule has 0 aliphatic heterocycles. The number of benzene rings is 11. The van der Waals surface area contributed by atoms with Gasteiger partial charge in [-0.2, -0.15) is 0 Å². The van der Waals surface area contributed by atoms with Crippen molar-refractivity contribution in [2.45, 2.75) is 0 Å². The van der Waals surface area contributed by atoms with E-state index in [1.165, 1.54) is 79.9 Å². The summed E-state index contributed by atoms with van der Waals surface area (Å²) in [4.78, 5) is 11.0. The molecule has 0 unspecified atom stereocenters. The van der Waals surface area contributed by atoms with Crippen LogP contribution >= 0.6 is 11.3 Å². The Labute approximate surface area is 400 Å². The van der Waals surface area contributed by atoms with Crippen molar-refractivity contribution in [2.75, 3.05) is 0 Å². The van der Waals surface area contributed by atoms with Crippen molar-refractivity contribution in [3.05, 3.63) is 231 Å². The topological polar surface area (TPSA) is 35.6 Å². The molecule has 4 heterocycles. The second-order valence-corrected chi connectivity index (χ2v) is 19.2. The van der Waals surface area contributed by atoms with Crippen LogP contribution in [0.1, 0.15) is 0 Å². The lowest BCUT2D eigenvalue weighted by atomic mass is 9.94. The lowest BCUT2D eigenvalue weighted by Gasteiger charge is -2.14. The molecule has 15 rings (SSSR count). The Morgan fingerprint density at radius 2 is 0.971 bits per heavy atom. The molecule has 0 N–H and O–H groups in total. The van der Waals surface area contributed by atoms with E-state index in [0.29, 0.717) is 5.95 Å². The van der Waals surface area contributed by atoms with Crippen LogP contribution in [0.15, 0.2) is 231 Å². The van der Waals surface area contributed by atoms with Crippen molar-refractivity contribution in [3.63, 3.8) is 0 Å². The largest absolute Gasteiger partial charge is 0.309 e. The van der Waals surface area contributed by atoms with Gasteiger partial charge in [-0.25, -0.2) is 9.97 Å². The van der Waals surface area contributed by atoms with Crippen LogP contribution in [-0.4, -0.2) is 19.1 Å². The van der Waals surface area contributed by atoms with Gasteiger partial charge >= 0.3 is 0 Å². The predicted octanol–water partition coefficient (Wildman–Crippen LogP) is 17.5. The minimum atomic E-state index is 0.638. The summed E-state index contributed by atoms with van der Waals surface area (Å²) >= 11 is 1.85. The number of rotatable bonds is 5. The van der Waals surface area contributed by atoms with E-state index in [2.05, 4.69) is 240 Å². The highest BCUT2D eigenvalue weighted by Gasteiger charge is 2.23. The van der Waals surface area contributed by atoms with Gasteiger partial charge in [-0.15, -0.1) is 11.3 Å². The molecule has 0 amide bonds. The van der Waals surface area contributed by atoms with E-state index in [4.69, 9.17) is 9.97 Å². The molecule has 69 heavy (non-hydrogen) atoms. The smallest absolute Gasteiger partial charge is 0.235 e. The number of nitrogens with zero attached hydrogens (tertiary/aromatic N) is 4. The molecule has 0 radical (unpaired) electrons. The van der Waals surface area contributed by atoms with Crippen LogP contribution in [0.5, 0.6) is 0 Å². The zero-order valence-electron chi connectivity index (χ0n) is 37.1. The Morgan fingerprint density at radius 1 is 0.319 bits per heavy atom. The Kier molecular flexibility index (Phi) is 8.20. The van der Waals surface area contributed by atoms with Gasteiger partial charge in [-0.05, 0) is 98.7 Å². The molecular weight excluding hydrogens is 857 g/mol. The number of aromatic nitrogens is 4. The van der Waals surface area contributed by atoms with Gasteiger partial charge < -0.3 is 4.57 Å². The molecular formula is C64H38N4S. The summed E-state index contributed by atoms with van der Waals surface area (Å²) in [6.45, 7) is 0. The van der Waals surface area contributed by atoms with Crippen molar-refractivity contribution in [1.82, 2.24) is 19.1 Å². The summed E-state index contributed by atoms with van der Waals surface area (Å²) in [6, 6.07) is 83.8. The number of hydrogen-bond donors (Lipinski definition) is 0. The Hall–Kier alpha value is -8.90. The molecule has 0 saturated carbocycles. The molecule has 0 spiro atoms. The fourth-order valence-corrected chi connectivity index (χ4v) is 12.4. The second kappa shape index (κ2) is 14.8. The molecule has 0 fully saturated rings. The van der Waals surface area contributed by atoms with E-state index in [-0.39, 0.29) is 0 Å². The molecule has 0 saturated heterocycles.